The van der Waals surface area contributed by atoms with Gasteiger partial charge < -0.3 is 10.2 Å². The van der Waals surface area contributed by atoms with Gasteiger partial charge in [-0.2, -0.15) is 5.26 Å². The van der Waals surface area contributed by atoms with Gasteiger partial charge in [-0.3, -0.25) is 4.79 Å². The first-order valence-corrected chi connectivity index (χ1v) is 7.17. The molecule has 2 aromatic rings. The number of halogens is 1. The Morgan fingerprint density at radius 1 is 1.30 bits per heavy atom. The van der Waals surface area contributed by atoms with Crippen LogP contribution in [0.25, 0.3) is 0 Å². The maximum atomic E-state index is 12.9. The van der Waals surface area contributed by atoms with Crippen LogP contribution < -0.4 is 5.32 Å². The van der Waals surface area contributed by atoms with Crippen molar-refractivity contribution in [2.24, 2.45) is 0 Å². The van der Waals surface area contributed by atoms with Crippen molar-refractivity contribution in [3.05, 3.63) is 53.7 Å². The fourth-order valence-corrected chi connectivity index (χ4v) is 2.48. The van der Waals surface area contributed by atoms with Crippen LogP contribution in [0.1, 0.15) is 17.7 Å². The van der Waals surface area contributed by atoms with E-state index in [2.05, 4.69) is 15.3 Å². The molecule has 6 nitrogen and oxygen atoms in total. The van der Waals surface area contributed by atoms with Gasteiger partial charge in [0.25, 0.3) is 0 Å². The minimum atomic E-state index is -0.363. The number of anilines is 1. The molecule has 23 heavy (non-hydrogen) atoms. The monoisotopic (exact) mass is 311 g/mol. The van der Waals surface area contributed by atoms with Crippen LogP contribution in [0.5, 0.6) is 0 Å². The van der Waals surface area contributed by atoms with Crippen molar-refractivity contribution in [3.8, 4) is 6.07 Å². The van der Waals surface area contributed by atoms with Crippen molar-refractivity contribution in [2.75, 3.05) is 11.9 Å². The standard InChI is InChI=1S/C16H14FN5O/c17-12-3-1-11(2-4-12)10-22-6-5-14(16(22)23)21-15-9-19-13(7-18)8-20-15/h1-4,8-9,14H,5-6,10H2,(H,20,21)/t14-/m1/s1. The van der Waals surface area contributed by atoms with Crippen molar-refractivity contribution in [3.63, 3.8) is 0 Å². The molecule has 1 aromatic heterocycles. The molecule has 1 fully saturated rings. The molecule has 0 aliphatic carbocycles. The number of hydrogen-bond donors (Lipinski definition) is 1. The highest BCUT2D eigenvalue weighted by Gasteiger charge is 2.31. The third-order valence-corrected chi connectivity index (χ3v) is 3.67. The lowest BCUT2D eigenvalue weighted by molar-refractivity contribution is -0.128. The Morgan fingerprint density at radius 3 is 2.74 bits per heavy atom. The predicted molar refractivity (Wildman–Crippen MR) is 80.6 cm³/mol. The molecule has 116 valence electrons. The molecule has 3 rings (SSSR count). The molecule has 1 amide bonds. The van der Waals surface area contributed by atoms with Gasteiger partial charge in [-0.15, -0.1) is 0 Å². The maximum Gasteiger partial charge on any atom is 0.245 e. The number of carbonyl (C=O) groups is 1. The fraction of sp³-hybridized carbons (Fsp3) is 0.250. The summed E-state index contributed by atoms with van der Waals surface area (Å²) in [5.41, 5.74) is 1.12. The van der Waals surface area contributed by atoms with Crippen LogP contribution in [-0.2, 0) is 11.3 Å². The minimum absolute atomic E-state index is 0.0273. The van der Waals surface area contributed by atoms with Gasteiger partial charge in [0.15, 0.2) is 5.69 Å². The third-order valence-electron chi connectivity index (χ3n) is 3.67. The quantitative estimate of drug-likeness (QED) is 0.929. The summed E-state index contributed by atoms with van der Waals surface area (Å²) in [6, 6.07) is 7.65. The lowest BCUT2D eigenvalue weighted by Crippen LogP contribution is -2.33. The van der Waals surface area contributed by atoms with Gasteiger partial charge >= 0.3 is 0 Å². The minimum Gasteiger partial charge on any atom is -0.357 e. The van der Waals surface area contributed by atoms with Crippen LogP contribution in [0.2, 0.25) is 0 Å². The van der Waals surface area contributed by atoms with Crippen LogP contribution >= 0.6 is 0 Å². The second-order valence-corrected chi connectivity index (χ2v) is 5.27. The van der Waals surface area contributed by atoms with Gasteiger partial charge in [-0.1, -0.05) is 12.1 Å². The van der Waals surface area contributed by atoms with Gasteiger partial charge in [0.2, 0.25) is 5.91 Å². The highest BCUT2D eigenvalue weighted by atomic mass is 19.1. The summed E-state index contributed by atoms with van der Waals surface area (Å²) < 4.78 is 12.9. The fourth-order valence-electron chi connectivity index (χ4n) is 2.48. The second-order valence-electron chi connectivity index (χ2n) is 5.27. The molecule has 1 aliphatic heterocycles. The number of rotatable bonds is 4. The van der Waals surface area contributed by atoms with E-state index in [1.807, 2.05) is 6.07 Å². The summed E-state index contributed by atoms with van der Waals surface area (Å²) in [5.74, 6) is 0.145. The Bertz CT molecular complexity index is 739. The summed E-state index contributed by atoms with van der Waals surface area (Å²) >= 11 is 0. The zero-order valence-electron chi connectivity index (χ0n) is 12.2. The molecule has 1 aliphatic rings. The molecule has 0 bridgehead atoms. The van der Waals surface area contributed by atoms with Crippen LogP contribution in [0.15, 0.2) is 36.7 Å². The molecular formula is C16H14FN5O. The Balaban J connectivity index is 1.61. The largest absolute Gasteiger partial charge is 0.357 e. The molecule has 1 saturated heterocycles. The van der Waals surface area contributed by atoms with E-state index in [0.29, 0.717) is 25.3 Å². The second kappa shape index (κ2) is 6.40. The highest BCUT2D eigenvalue weighted by Crippen LogP contribution is 2.18. The van der Waals surface area contributed by atoms with E-state index in [9.17, 15) is 9.18 Å². The van der Waals surface area contributed by atoms with Crippen molar-refractivity contribution in [1.29, 1.82) is 5.26 Å². The first-order chi connectivity index (χ1) is 11.2. The molecule has 2 heterocycles. The molecule has 0 spiro atoms. The zero-order valence-corrected chi connectivity index (χ0v) is 12.2. The molecule has 1 atom stereocenters. The normalized spacial score (nSPS) is 17.1. The van der Waals surface area contributed by atoms with E-state index in [1.54, 1.807) is 17.0 Å². The number of likely N-dealkylation sites (tertiary alicyclic amines) is 1. The van der Waals surface area contributed by atoms with Gasteiger partial charge in [0, 0.05) is 13.1 Å². The number of nitrogens with one attached hydrogen (secondary N) is 1. The molecule has 0 unspecified atom stereocenters. The Hall–Kier alpha value is -3.01. The molecule has 0 saturated carbocycles. The molecule has 1 N–H and O–H groups in total. The number of hydrogen-bond acceptors (Lipinski definition) is 5. The number of amides is 1. The lowest BCUT2D eigenvalue weighted by atomic mass is 10.2. The van der Waals surface area contributed by atoms with Crippen LogP contribution in [0.3, 0.4) is 0 Å². The van der Waals surface area contributed by atoms with Gasteiger partial charge in [0.1, 0.15) is 23.7 Å². The van der Waals surface area contributed by atoms with Gasteiger partial charge in [0.05, 0.1) is 12.4 Å². The predicted octanol–water partition coefficient (Wildman–Crippen LogP) is 1.70. The van der Waals surface area contributed by atoms with E-state index in [-0.39, 0.29) is 23.5 Å². The Morgan fingerprint density at radius 2 is 2.09 bits per heavy atom. The van der Waals surface area contributed by atoms with E-state index < -0.39 is 0 Å². The lowest BCUT2D eigenvalue weighted by Gasteiger charge is -2.17. The molecule has 7 heteroatoms. The maximum absolute atomic E-state index is 12.9. The first kappa shape index (κ1) is 14.9. The molecular weight excluding hydrogens is 297 g/mol. The summed E-state index contributed by atoms with van der Waals surface area (Å²) in [5, 5.41) is 11.7. The van der Waals surface area contributed by atoms with E-state index in [0.717, 1.165) is 5.56 Å². The molecule has 1 aromatic carbocycles. The van der Waals surface area contributed by atoms with Crippen molar-refractivity contribution in [2.45, 2.75) is 19.0 Å². The van der Waals surface area contributed by atoms with Crippen LogP contribution in [-0.4, -0.2) is 33.4 Å². The zero-order chi connectivity index (χ0) is 16.2. The Kier molecular flexibility index (Phi) is 4.15. The molecule has 0 radical (unpaired) electrons. The smallest absolute Gasteiger partial charge is 0.245 e. The van der Waals surface area contributed by atoms with Gasteiger partial charge in [-0.25, -0.2) is 14.4 Å². The summed E-state index contributed by atoms with van der Waals surface area (Å²) in [6.45, 7) is 1.08. The average Bonchev–Trinajstić information content (AvgIpc) is 2.91. The highest BCUT2D eigenvalue weighted by molar-refractivity contribution is 5.86. The number of benzene rings is 1. The van der Waals surface area contributed by atoms with E-state index in [4.69, 9.17) is 5.26 Å². The van der Waals surface area contributed by atoms with Crippen LogP contribution in [0.4, 0.5) is 10.2 Å². The first-order valence-electron chi connectivity index (χ1n) is 7.17. The topological polar surface area (TPSA) is 81.9 Å². The number of aromatic nitrogens is 2. The average molecular weight is 311 g/mol. The van der Waals surface area contributed by atoms with Crippen LogP contribution in [0, 0.1) is 17.1 Å². The number of carbonyl (C=O) groups excluding carboxylic acids is 1. The van der Waals surface area contributed by atoms with Crippen molar-refractivity contribution < 1.29 is 9.18 Å². The number of nitriles is 1. The van der Waals surface area contributed by atoms with E-state index in [1.165, 1.54) is 24.5 Å². The van der Waals surface area contributed by atoms with E-state index >= 15 is 0 Å². The summed E-state index contributed by atoms with van der Waals surface area (Å²) in [4.78, 5) is 22.1. The Labute approximate surface area is 132 Å². The summed E-state index contributed by atoms with van der Waals surface area (Å²) in [7, 11) is 0. The third kappa shape index (κ3) is 3.43. The van der Waals surface area contributed by atoms with Crippen molar-refractivity contribution in [1.82, 2.24) is 14.9 Å². The van der Waals surface area contributed by atoms with Crippen molar-refractivity contribution >= 4 is 11.7 Å². The SMILES string of the molecule is N#Cc1cnc(N[C@@H]2CCN(Cc3ccc(F)cc3)C2=O)cn1. The number of nitrogens with zero attached hydrogens (tertiary/aromatic N) is 4. The van der Waals surface area contributed by atoms with Gasteiger partial charge in [-0.05, 0) is 24.1 Å². The summed E-state index contributed by atoms with van der Waals surface area (Å²) in [6.07, 6.45) is 3.45.